The minimum absolute atomic E-state index is 0.315. The third kappa shape index (κ3) is 2.19. The molecule has 3 rings (SSSR count). The summed E-state index contributed by atoms with van der Waals surface area (Å²) in [7, 11) is 0. The van der Waals surface area contributed by atoms with E-state index in [0.29, 0.717) is 0 Å². The molecule has 1 aromatic rings. The van der Waals surface area contributed by atoms with Crippen LogP contribution in [0, 0.1) is 0 Å². The van der Waals surface area contributed by atoms with Crippen LogP contribution in [0.15, 0.2) is 34.8 Å². The SMILES string of the molecule is Brc1ccccc1C1=CCC2(CC1)OCCO2. The van der Waals surface area contributed by atoms with Gasteiger partial charge in [-0.1, -0.05) is 40.2 Å². The molecule has 0 radical (unpaired) electrons. The average molecular weight is 295 g/mol. The Morgan fingerprint density at radius 3 is 2.53 bits per heavy atom. The summed E-state index contributed by atoms with van der Waals surface area (Å²) in [5, 5.41) is 0. The Morgan fingerprint density at radius 1 is 1.12 bits per heavy atom. The molecule has 17 heavy (non-hydrogen) atoms. The Balaban J connectivity index is 1.83. The van der Waals surface area contributed by atoms with Crippen LogP contribution in [0.2, 0.25) is 0 Å². The van der Waals surface area contributed by atoms with Crippen molar-refractivity contribution in [1.82, 2.24) is 0 Å². The zero-order valence-corrected chi connectivity index (χ0v) is 11.2. The van der Waals surface area contributed by atoms with Gasteiger partial charge in [-0.05, 0) is 23.6 Å². The van der Waals surface area contributed by atoms with E-state index in [1.54, 1.807) is 0 Å². The minimum atomic E-state index is -0.315. The zero-order chi connectivity index (χ0) is 11.7. The largest absolute Gasteiger partial charge is 0.347 e. The van der Waals surface area contributed by atoms with Crippen LogP contribution in [-0.4, -0.2) is 19.0 Å². The first kappa shape index (κ1) is 11.5. The molecule has 1 aliphatic heterocycles. The lowest BCUT2D eigenvalue weighted by molar-refractivity contribution is -0.159. The number of ether oxygens (including phenoxy) is 2. The van der Waals surface area contributed by atoms with Crippen LogP contribution < -0.4 is 0 Å². The monoisotopic (exact) mass is 294 g/mol. The Morgan fingerprint density at radius 2 is 1.88 bits per heavy atom. The van der Waals surface area contributed by atoms with Gasteiger partial charge < -0.3 is 9.47 Å². The van der Waals surface area contributed by atoms with Crippen molar-refractivity contribution in [3.05, 3.63) is 40.4 Å². The van der Waals surface area contributed by atoms with Crippen LogP contribution in [0.25, 0.3) is 5.57 Å². The first-order valence-electron chi connectivity index (χ1n) is 6.01. The molecule has 3 heteroatoms. The predicted octanol–water partition coefficient (Wildman–Crippen LogP) is 3.76. The number of hydrogen-bond acceptors (Lipinski definition) is 2. The van der Waals surface area contributed by atoms with Crippen molar-refractivity contribution in [3.63, 3.8) is 0 Å². The van der Waals surface area contributed by atoms with Gasteiger partial charge in [0.25, 0.3) is 0 Å². The third-order valence-electron chi connectivity index (χ3n) is 3.47. The third-order valence-corrected chi connectivity index (χ3v) is 4.16. The van der Waals surface area contributed by atoms with Crippen molar-refractivity contribution in [1.29, 1.82) is 0 Å². The fourth-order valence-electron chi connectivity index (χ4n) is 2.53. The van der Waals surface area contributed by atoms with E-state index in [9.17, 15) is 0 Å². The topological polar surface area (TPSA) is 18.5 Å². The van der Waals surface area contributed by atoms with Crippen LogP contribution in [0.4, 0.5) is 0 Å². The summed E-state index contributed by atoms with van der Waals surface area (Å²) in [6.07, 6.45) is 5.10. The maximum Gasteiger partial charge on any atom is 0.172 e. The number of hydrogen-bond donors (Lipinski definition) is 0. The highest BCUT2D eigenvalue weighted by atomic mass is 79.9. The molecule has 2 nitrogen and oxygen atoms in total. The number of rotatable bonds is 1. The lowest BCUT2D eigenvalue weighted by Gasteiger charge is -2.30. The van der Waals surface area contributed by atoms with Crippen LogP contribution >= 0.6 is 15.9 Å². The van der Waals surface area contributed by atoms with Gasteiger partial charge in [-0.15, -0.1) is 0 Å². The van der Waals surface area contributed by atoms with Crippen molar-refractivity contribution in [3.8, 4) is 0 Å². The van der Waals surface area contributed by atoms with E-state index in [4.69, 9.17) is 9.47 Å². The number of halogens is 1. The van der Waals surface area contributed by atoms with Gasteiger partial charge in [0.15, 0.2) is 5.79 Å². The molecule has 1 heterocycles. The molecule has 0 atom stereocenters. The molecule has 2 aliphatic rings. The van der Waals surface area contributed by atoms with Crippen molar-refractivity contribution < 1.29 is 9.47 Å². The molecule has 1 aromatic carbocycles. The summed E-state index contributed by atoms with van der Waals surface area (Å²) < 4.78 is 12.6. The van der Waals surface area contributed by atoms with Crippen molar-refractivity contribution >= 4 is 21.5 Å². The smallest absolute Gasteiger partial charge is 0.172 e. The molecule has 1 fully saturated rings. The highest BCUT2D eigenvalue weighted by Gasteiger charge is 2.37. The van der Waals surface area contributed by atoms with E-state index in [1.165, 1.54) is 11.1 Å². The molecule has 1 saturated heterocycles. The molecule has 0 amide bonds. The second-order valence-corrected chi connectivity index (χ2v) is 5.38. The molecule has 0 aromatic heterocycles. The van der Waals surface area contributed by atoms with Gasteiger partial charge in [0.1, 0.15) is 0 Å². The van der Waals surface area contributed by atoms with Crippen molar-refractivity contribution in [2.45, 2.75) is 25.0 Å². The van der Waals surface area contributed by atoms with Crippen LogP contribution in [0.1, 0.15) is 24.8 Å². The summed E-state index contributed by atoms with van der Waals surface area (Å²) in [5.41, 5.74) is 2.68. The lowest BCUT2D eigenvalue weighted by Crippen LogP contribution is -2.31. The van der Waals surface area contributed by atoms with Gasteiger partial charge in [0.2, 0.25) is 0 Å². The Labute approximate surface area is 110 Å². The zero-order valence-electron chi connectivity index (χ0n) is 9.62. The Hall–Kier alpha value is -0.640. The fraction of sp³-hybridized carbons (Fsp3) is 0.429. The molecule has 0 saturated carbocycles. The van der Waals surface area contributed by atoms with Crippen LogP contribution in [-0.2, 0) is 9.47 Å². The quantitative estimate of drug-likeness (QED) is 0.785. The highest BCUT2D eigenvalue weighted by molar-refractivity contribution is 9.10. The van der Waals surface area contributed by atoms with E-state index in [2.05, 4.69) is 40.2 Å². The van der Waals surface area contributed by atoms with Gasteiger partial charge in [0.05, 0.1) is 13.2 Å². The standard InChI is InChI=1S/C14H15BrO2/c15-13-4-2-1-3-12(13)11-5-7-14(8-6-11)16-9-10-17-14/h1-5H,6-10H2. The predicted molar refractivity (Wildman–Crippen MR) is 70.6 cm³/mol. The normalized spacial score (nSPS) is 22.8. The summed E-state index contributed by atoms with van der Waals surface area (Å²) in [6, 6.07) is 8.36. The second-order valence-electron chi connectivity index (χ2n) is 4.52. The Bertz CT molecular complexity index is 447. The van der Waals surface area contributed by atoms with E-state index in [1.807, 2.05) is 6.07 Å². The maximum absolute atomic E-state index is 5.72. The van der Waals surface area contributed by atoms with E-state index in [0.717, 1.165) is 36.9 Å². The molecule has 0 unspecified atom stereocenters. The van der Waals surface area contributed by atoms with Crippen molar-refractivity contribution in [2.75, 3.05) is 13.2 Å². The molecular formula is C14H15BrO2. The number of benzene rings is 1. The first-order chi connectivity index (χ1) is 8.29. The summed E-state index contributed by atoms with van der Waals surface area (Å²) in [5.74, 6) is -0.315. The molecule has 90 valence electrons. The minimum Gasteiger partial charge on any atom is -0.347 e. The fourth-order valence-corrected chi connectivity index (χ4v) is 3.07. The van der Waals surface area contributed by atoms with Gasteiger partial charge in [-0.25, -0.2) is 0 Å². The average Bonchev–Trinajstić information content (AvgIpc) is 2.80. The molecule has 1 spiro atoms. The molecule has 1 aliphatic carbocycles. The molecular weight excluding hydrogens is 280 g/mol. The first-order valence-corrected chi connectivity index (χ1v) is 6.80. The Kier molecular flexibility index (Phi) is 3.07. The summed E-state index contributed by atoms with van der Waals surface area (Å²) in [6.45, 7) is 1.47. The number of allylic oxidation sites excluding steroid dienone is 1. The summed E-state index contributed by atoms with van der Waals surface area (Å²) >= 11 is 3.60. The molecule has 0 N–H and O–H groups in total. The van der Waals surface area contributed by atoms with Gasteiger partial charge in [0, 0.05) is 17.3 Å². The van der Waals surface area contributed by atoms with Crippen LogP contribution in [0.3, 0.4) is 0 Å². The van der Waals surface area contributed by atoms with Crippen molar-refractivity contribution in [2.24, 2.45) is 0 Å². The summed E-state index contributed by atoms with van der Waals surface area (Å²) in [4.78, 5) is 0. The van der Waals surface area contributed by atoms with E-state index >= 15 is 0 Å². The van der Waals surface area contributed by atoms with Gasteiger partial charge >= 0.3 is 0 Å². The lowest BCUT2D eigenvalue weighted by atomic mass is 9.90. The van der Waals surface area contributed by atoms with Gasteiger partial charge in [-0.3, -0.25) is 0 Å². The maximum atomic E-state index is 5.72. The highest BCUT2D eigenvalue weighted by Crippen LogP contribution is 2.39. The van der Waals surface area contributed by atoms with E-state index < -0.39 is 0 Å². The van der Waals surface area contributed by atoms with Crippen LogP contribution in [0.5, 0.6) is 0 Å². The van der Waals surface area contributed by atoms with E-state index in [-0.39, 0.29) is 5.79 Å². The second kappa shape index (κ2) is 4.56. The molecule has 0 bridgehead atoms. The van der Waals surface area contributed by atoms with Gasteiger partial charge in [-0.2, -0.15) is 0 Å².